The van der Waals surface area contributed by atoms with Gasteiger partial charge in [0.15, 0.2) is 0 Å². The molecule has 0 bridgehead atoms. The predicted molar refractivity (Wildman–Crippen MR) is 110 cm³/mol. The van der Waals surface area contributed by atoms with Gasteiger partial charge in [0.1, 0.15) is 5.82 Å². The number of likely N-dealkylation sites (N-methyl/N-ethyl adjacent to an activating group) is 1. The van der Waals surface area contributed by atoms with Gasteiger partial charge in [-0.1, -0.05) is 29.8 Å². The van der Waals surface area contributed by atoms with Gasteiger partial charge in [0.2, 0.25) is 0 Å². The largest absolute Gasteiger partial charge is 0.472 e. The molecule has 0 unspecified atom stereocenters. The SMILES string of the molecule is Cc1ccc(-c2cnc3n2CCN(C)C32CCN(Cc3ccoc3)CC2)cc1. The fourth-order valence-corrected chi connectivity index (χ4v) is 4.89. The molecule has 0 N–H and O–H groups in total. The van der Waals surface area contributed by atoms with Gasteiger partial charge in [-0.2, -0.15) is 0 Å². The molecular formula is C23H28N4O. The minimum Gasteiger partial charge on any atom is -0.472 e. The minimum atomic E-state index is 0.0497. The summed E-state index contributed by atoms with van der Waals surface area (Å²) in [6.45, 7) is 7.36. The molecule has 5 rings (SSSR count). The Kier molecular flexibility index (Phi) is 4.37. The van der Waals surface area contributed by atoms with Crippen LogP contribution in [0.2, 0.25) is 0 Å². The van der Waals surface area contributed by atoms with Crippen LogP contribution < -0.4 is 0 Å². The highest BCUT2D eigenvalue weighted by Gasteiger charge is 2.45. The number of nitrogens with zero attached hydrogens (tertiary/aromatic N) is 4. The third-order valence-electron chi connectivity index (χ3n) is 6.68. The average Bonchev–Trinajstić information content (AvgIpc) is 3.37. The van der Waals surface area contributed by atoms with Crippen molar-refractivity contribution >= 4 is 0 Å². The molecule has 2 aliphatic heterocycles. The van der Waals surface area contributed by atoms with Crippen molar-refractivity contribution in [3.63, 3.8) is 0 Å². The summed E-state index contributed by atoms with van der Waals surface area (Å²) in [4.78, 5) is 10.1. The van der Waals surface area contributed by atoms with Crippen molar-refractivity contribution < 1.29 is 4.42 Å². The van der Waals surface area contributed by atoms with Gasteiger partial charge >= 0.3 is 0 Å². The fourth-order valence-electron chi connectivity index (χ4n) is 4.89. The second-order valence-electron chi connectivity index (χ2n) is 8.35. The molecule has 0 amide bonds. The van der Waals surface area contributed by atoms with Crippen LogP contribution in [0.3, 0.4) is 0 Å². The molecule has 1 saturated heterocycles. The third-order valence-corrected chi connectivity index (χ3v) is 6.68. The Labute approximate surface area is 166 Å². The normalized spacial score (nSPS) is 19.8. The number of hydrogen-bond acceptors (Lipinski definition) is 4. The van der Waals surface area contributed by atoms with Crippen LogP contribution in [0.15, 0.2) is 53.5 Å². The van der Waals surface area contributed by atoms with Gasteiger partial charge in [-0.15, -0.1) is 0 Å². The lowest BCUT2D eigenvalue weighted by Gasteiger charge is -2.49. The smallest absolute Gasteiger partial charge is 0.129 e. The third kappa shape index (κ3) is 2.90. The Morgan fingerprint density at radius 3 is 2.54 bits per heavy atom. The van der Waals surface area contributed by atoms with Gasteiger partial charge in [0, 0.05) is 38.3 Å². The van der Waals surface area contributed by atoms with Gasteiger partial charge in [0.05, 0.1) is 30.0 Å². The van der Waals surface area contributed by atoms with Crippen molar-refractivity contribution in [1.29, 1.82) is 0 Å². The molecule has 0 aliphatic carbocycles. The predicted octanol–water partition coefficient (Wildman–Crippen LogP) is 3.89. The zero-order valence-electron chi connectivity index (χ0n) is 16.8. The van der Waals surface area contributed by atoms with Crippen molar-refractivity contribution in [3.8, 4) is 11.3 Å². The fraction of sp³-hybridized carbons (Fsp3) is 0.435. The zero-order chi connectivity index (χ0) is 19.1. The van der Waals surface area contributed by atoms with Crippen molar-refractivity contribution in [3.05, 3.63) is 66.0 Å². The number of hydrogen-bond donors (Lipinski definition) is 0. The van der Waals surface area contributed by atoms with E-state index in [-0.39, 0.29) is 5.54 Å². The van der Waals surface area contributed by atoms with E-state index in [4.69, 9.17) is 9.40 Å². The lowest BCUT2D eigenvalue weighted by molar-refractivity contribution is 0.00697. The maximum absolute atomic E-state index is 5.23. The first-order valence-electron chi connectivity index (χ1n) is 10.2. The molecule has 0 radical (unpaired) electrons. The monoisotopic (exact) mass is 376 g/mol. The summed E-state index contributed by atoms with van der Waals surface area (Å²) in [7, 11) is 2.27. The number of furan rings is 1. The summed E-state index contributed by atoms with van der Waals surface area (Å²) in [5.74, 6) is 1.25. The molecule has 2 aromatic heterocycles. The van der Waals surface area contributed by atoms with Crippen molar-refractivity contribution in [2.24, 2.45) is 0 Å². The van der Waals surface area contributed by atoms with Gasteiger partial charge < -0.3 is 8.98 Å². The molecule has 28 heavy (non-hydrogen) atoms. The Bertz CT molecular complexity index is 934. The molecular weight excluding hydrogens is 348 g/mol. The van der Waals surface area contributed by atoms with Crippen LogP contribution in [0, 0.1) is 6.92 Å². The maximum Gasteiger partial charge on any atom is 0.129 e. The lowest BCUT2D eigenvalue weighted by Crippen LogP contribution is -2.56. The summed E-state index contributed by atoms with van der Waals surface area (Å²) in [6, 6.07) is 10.9. The molecule has 5 heteroatoms. The highest BCUT2D eigenvalue weighted by Crippen LogP contribution is 2.41. The van der Waals surface area contributed by atoms with E-state index in [0.29, 0.717) is 0 Å². The van der Waals surface area contributed by atoms with E-state index in [1.165, 1.54) is 28.2 Å². The zero-order valence-corrected chi connectivity index (χ0v) is 16.8. The molecule has 0 saturated carbocycles. The van der Waals surface area contributed by atoms with Crippen LogP contribution in [0.1, 0.15) is 29.8 Å². The van der Waals surface area contributed by atoms with E-state index in [0.717, 1.165) is 45.6 Å². The number of benzene rings is 1. The van der Waals surface area contributed by atoms with Crippen LogP contribution in [-0.2, 0) is 18.6 Å². The van der Waals surface area contributed by atoms with E-state index in [1.807, 2.05) is 6.26 Å². The van der Waals surface area contributed by atoms with Crippen LogP contribution in [0.5, 0.6) is 0 Å². The van der Waals surface area contributed by atoms with Gasteiger partial charge in [-0.3, -0.25) is 9.80 Å². The molecule has 0 atom stereocenters. The van der Waals surface area contributed by atoms with Crippen LogP contribution in [0.25, 0.3) is 11.3 Å². The Morgan fingerprint density at radius 2 is 1.82 bits per heavy atom. The molecule has 146 valence electrons. The summed E-state index contributed by atoms with van der Waals surface area (Å²) >= 11 is 0. The highest BCUT2D eigenvalue weighted by molar-refractivity contribution is 5.60. The molecule has 2 aliphatic rings. The number of likely N-dealkylation sites (tertiary alicyclic amines) is 1. The number of fused-ring (bicyclic) bond motifs is 2. The Balaban J connectivity index is 1.42. The van der Waals surface area contributed by atoms with E-state index < -0.39 is 0 Å². The highest BCUT2D eigenvalue weighted by atomic mass is 16.3. The summed E-state index contributed by atoms with van der Waals surface area (Å²) in [6.07, 6.45) is 7.94. The standard InChI is InChI=1S/C23H28N4O/c1-18-3-5-20(6-4-18)21-15-24-22-23(25(2)12-13-27(21)22)8-10-26(11-9-23)16-19-7-14-28-17-19/h3-7,14-15,17H,8-13,16H2,1-2H3. The average molecular weight is 377 g/mol. The number of piperidine rings is 1. The van der Waals surface area contributed by atoms with E-state index in [2.05, 4.69) is 64.9 Å². The second kappa shape index (κ2) is 6.90. The molecule has 1 spiro atoms. The van der Waals surface area contributed by atoms with E-state index in [1.54, 1.807) is 6.26 Å². The molecule has 1 aromatic carbocycles. The number of imidazole rings is 1. The summed E-state index contributed by atoms with van der Waals surface area (Å²) in [5, 5.41) is 0. The Hall–Kier alpha value is -2.37. The Morgan fingerprint density at radius 1 is 1.04 bits per heavy atom. The van der Waals surface area contributed by atoms with Gasteiger partial charge in [-0.25, -0.2) is 4.98 Å². The summed E-state index contributed by atoms with van der Waals surface area (Å²) in [5.41, 5.74) is 5.12. The number of aryl methyl sites for hydroxylation is 1. The van der Waals surface area contributed by atoms with Crippen molar-refractivity contribution in [1.82, 2.24) is 19.4 Å². The van der Waals surface area contributed by atoms with Crippen molar-refractivity contribution in [2.45, 2.75) is 38.4 Å². The quantitative estimate of drug-likeness (QED) is 0.695. The molecule has 3 aromatic rings. The van der Waals surface area contributed by atoms with Crippen LogP contribution in [-0.4, -0.2) is 46.0 Å². The number of aromatic nitrogens is 2. The molecule has 1 fully saturated rings. The maximum atomic E-state index is 5.23. The lowest BCUT2D eigenvalue weighted by atomic mass is 9.83. The van der Waals surface area contributed by atoms with E-state index in [9.17, 15) is 0 Å². The first-order valence-corrected chi connectivity index (χ1v) is 10.2. The molecule has 5 nitrogen and oxygen atoms in total. The second-order valence-corrected chi connectivity index (χ2v) is 8.35. The first-order chi connectivity index (χ1) is 13.7. The first kappa shape index (κ1) is 17.7. The minimum absolute atomic E-state index is 0.0497. The van der Waals surface area contributed by atoms with Crippen molar-refractivity contribution in [2.75, 3.05) is 26.7 Å². The topological polar surface area (TPSA) is 37.4 Å². The van der Waals surface area contributed by atoms with Gasteiger partial charge in [0.25, 0.3) is 0 Å². The van der Waals surface area contributed by atoms with Crippen LogP contribution in [0.4, 0.5) is 0 Å². The van der Waals surface area contributed by atoms with Crippen LogP contribution >= 0.6 is 0 Å². The molecule has 4 heterocycles. The van der Waals surface area contributed by atoms with Gasteiger partial charge in [-0.05, 0) is 38.4 Å². The summed E-state index contributed by atoms with van der Waals surface area (Å²) < 4.78 is 7.70. The van der Waals surface area contributed by atoms with E-state index >= 15 is 0 Å². The number of rotatable bonds is 3.